The molecule has 1 saturated heterocycles. The summed E-state index contributed by atoms with van der Waals surface area (Å²) < 4.78 is 16.7. The highest BCUT2D eigenvalue weighted by Gasteiger charge is 2.42. The molecule has 0 bridgehead atoms. The maximum Gasteiger partial charge on any atom is 0.412 e. The minimum Gasteiger partial charge on any atom is -0.486 e. The second-order valence-corrected chi connectivity index (χ2v) is 10.1. The molecule has 0 radical (unpaired) electrons. The van der Waals surface area contributed by atoms with E-state index in [4.69, 9.17) is 14.2 Å². The number of amides is 2. The summed E-state index contributed by atoms with van der Waals surface area (Å²) in [5.41, 5.74) is -1.21. The molecule has 1 aromatic heterocycles. The third-order valence-corrected chi connectivity index (χ3v) is 5.03. The fourth-order valence-corrected chi connectivity index (χ4v) is 3.55. The zero-order chi connectivity index (χ0) is 23.7. The van der Waals surface area contributed by atoms with Crippen LogP contribution in [0, 0.1) is 11.3 Å². The zero-order valence-corrected chi connectivity index (χ0v) is 19.5. The summed E-state index contributed by atoms with van der Waals surface area (Å²) in [5.74, 6) is 0.731. The molecule has 1 fully saturated rings. The number of anilines is 2. The Morgan fingerprint density at radius 1 is 1.19 bits per heavy atom. The van der Waals surface area contributed by atoms with Crippen LogP contribution < -0.4 is 15.4 Å². The molecule has 10 nitrogen and oxygen atoms in total. The van der Waals surface area contributed by atoms with E-state index >= 15 is 0 Å². The first-order valence-corrected chi connectivity index (χ1v) is 10.6. The summed E-state index contributed by atoms with van der Waals surface area (Å²) in [4.78, 5) is 30.5. The Morgan fingerprint density at radius 3 is 2.38 bits per heavy atom. The van der Waals surface area contributed by atoms with Gasteiger partial charge < -0.3 is 24.4 Å². The molecule has 1 spiro atoms. The molecular weight excluding hydrogens is 414 g/mol. The van der Waals surface area contributed by atoms with Gasteiger partial charge in [-0.2, -0.15) is 5.26 Å². The smallest absolute Gasteiger partial charge is 0.412 e. The maximum absolute atomic E-state index is 12.3. The van der Waals surface area contributed by atoms with Gasteiger partial charge >= 0.3 is 12.2 Å². The topological polar surface area (TPSA) is 126 Å². The predicted molar refractivity (Wildman–Crippen MR) is 118 cm³/mol. The lowest BCUT2D eigenvalue weighted by Crippen LogP contribution is -2.56. The molecule has 32 heavy (non-hydrogen) atoms. The number of pyridine rings is 1. The molecule has 0 atom stereocenters. The highest BCUT2D eigenvalue weighted by molar-refractivity contribution is 5.88. The summed E-state index contributed by atoms with van der Waals surface area (Å²) in [6, 6.07) is 2.08. The minimum absolute atomic E-state index is 0.175. The number of hydrogen-bond acceptors (Lipinski definition) is 8. The van der Waals surface area contributed by atoms with Crippen LogP contribution >= 0.6 is 0 Å². The fourth-order valence-electron chi connectivity index (χ4n) is 3.55. The first-order valence-electron chi connectivity index (χ1n) is 10.6. The molecule has 2 amide bonds. The van der Waals surface area contributed by atoms with Crippen molar-refractivity contribution in [3.05, 3.63) is 11.8 Å². The number of hydrogen-bond donors (Lipinski definition) is 2. The number of likely N-dealkylation sites (tertiary alicyclic amines) is 1. The van der Waals surface area contributed by atoms with Gasteiger partial charge in [-0.25, -0.2) is 14.6 Å². The lowest BCUT2D eigenvalue weighted by atomic mass is 9.87. The van der Waals surface area contributed by atoms with E-state index in [1.807, 2.05) is 20.8 Å². The van der Waals surface area contributed by atoms with Gasteiger partial charge in [0.2, 0.25) is 0 Å². The molecule has 174 valence electrons. The van der Waals surface area contributed by atoms with Crippen LogP contribution in [0.1, 0.15) is 59.9 Å². The highest BCUT2D eigenvalue weighted by Crippen LogP contribution is 2.40. The Kier molecular flexibility index (Phi) is 6.13. The summed E-state index contributed by atoms with van der Waals surface area (Å²) >= 11 is 0. The second kappa shape index (κ2) is 8.37. The van der Waals surface area contributed by atoms with E-state index in [0.717, 1.165) is 0 Å². The molecule has 0 unspecified atom stereocenters. The number of carbonyl (C=O) groups excluding carboxylic acids is 2. The number of ether oxygens (including phenoxy) is 3. The quantitative estimate of drug-likeness (QED) is 0.667. The largest absolute Gasteiger partial charge is 0.486 e. The van der Waals surface area contributed by atoms with Crippen molar-refractivity contribution < 1.29 is 23.8 Å². The summed E-state index contributed by atoms with van der Waals surface area (Å²) in [7, 11) is 0. The Balaban J connectivity index is 1.70. The molecule has 0 aliphatic carbocycles. The van der Waals surface area contributed by atoms with Crippen molar-refractivity contribution in [1.29, 1.82) is 5.26 Å². The average Bonchev–Trinajstić information content (AvgIpc) is 2.65. The first kappa shape index (κ1) is 23.4. The van der Waals surface area contributed by atoms with Gasteiger partial charge in [-0.15, -0.1) is 0 Å². The highest BCUT2D eigenvalue weighted by atomic mass is 16.6. The predicted octanol–water partition coefficient (Wildman–Crippen LogP) is 3.87. The molecule has 1 aromatic rings. The van der Waals surface area contributed by atoms with E-state index in [1.165, 1.54) is 6.20 Å². The third-order valence-electron chi connectivity index (χ3n) is 5.03. The molecule has 2 aliphatic rings. The van der Waals surface area contributed by atoms with Gasteiger partial charge in [0.15, 0.2) is 11.6 Å². The first-order chi connectivity index (χ1) is 14.8. The van der Waals surface area contributed by atoms with Crippen LogP contribution in [0.2, 0.25) is 0 Å². The monoisotopic (exact) mass is 445 g/mol. The Morgan fingerprint density at radius 2 is 1.81 bits per heavy atom. The number of fused-ring (bicyclic) bond motifs is 1. The van der Waals surface area contributed by atoms with E-state index < -0.39 is 22.8 Å². The second-order valence-electron chi connectivity index (χ2n) is 10.1. The molecular formula is C22H31N5O5. The van der Waals surface area contributed by atoms with Crippen molar-refractivity contribution in [2.45, 2.75) is 71.1 Å². The summed E-state index contributed by atoms with van der Waals surface area (Å²) in [5, 5.41) is 15.6. The Hall–Kier alpha value is -3.22. The van der Waals surface area contributed by atoms with Crippen molar-refractivity contribution in [2.24, 2.45) is 0 Å². The molecule has 2 N–H and O–H groups in total. The van der Waals surface area contributed by atoms with Crippen molar-refractivity contribution in [2.75, 3.05) is 30.3 Å². The summed E-state index contributed by atoms with van der Waals surface area (Å²) in [6.07, 6.45) is 1.70. The summed E-state index contributed by atoms with van der Waals surface area (Å²) in [6.45, 7) is 12.1. The Labute approximate surface area is 188 Å². The lowest BCUT2D eigenvalue weighted by molar-refractivity contribution is 0.0148. The van der Waals surface area contributed by atoms with E-state index in [0.29, 0.717) is 44.1 Å². The van der Waals surface area contributed by atoms with Crippen LogP contribution in [0.5, 0.6) is 5.75 Å². The van der Waals surface area contributed by atoms with Gasteiger partial charge in [0.1, 0.15) is 29.4 Å². The van der Waals surface area contributed by atoms with Crippen molar-refractivity contribution >= 4 is 23.7 Å². The van der Waals surface area contributed by atoms with Gasteiger partial charge in [0.05, 0.1) is 17.4 Å². The number of aromatic nitrogens is 1. The van der Waals surface area contributed by atoms with Crippen LogP contribution in [0.15, 0.2) is 6.20 Å². The number of carbonyl (C=O) groups is 2. The minimum atomic E-state index is -0.675. The number of piperidine rings is 1. The molecule has 0 aromatic carbocycles. The SMILES string of the molecule is CC(C)(C)OC(=O)Nc1cnc2c(c1C#N)OCC1(CCN(C(=O)OC(C)(C)C)CC1)N2. The number of nitrogens with one attached hydrogen (secondary N) is 2. The van der Waals surface area contributed by atoms with Gasteiger partial charge in [-0.3, -0.25) is 5.32 Å². The maximum atomic E-state index is 12.3. The molecule has 3 heterocycles. The van der Waals surface area contributed by atoms with Gasteiger partial charge in [0.25, 0.3) is 0 Å². The molecule has 0 saturated carbocycles. The van der Waals surface area contributed by atoms with Crippen molar-refractivity contribution in [3.63, 3.8) is 0 Å². The van der Waals surface area contributed by atoms with Gasteiger partial charge in [-0.1, -0.05) is 0 Å². The van der Waals surface area contributed by atoms with Gasteiger partial charge in [0, 0.05) is 13.1 Å². The molecule has 2 aliphatic heterocycles. The number of rotatable bonds is 1. The zero-order valence-electron chi connectivity index (χ0n) is 19.5. The van der Waals surface area contributed by atoms with E-state index in [-0.39, 0.29) is 17.3 Å². The van der Waals surface area contributed by atoms with E-state index in [1.54, 1.807) is 25.7 Å². The lowest BCUT2D eigenvalue weighted by Gasteiger charge is -2.44. The fraction of sp³-hybridized carbons (Fsp3) is 0.636. The van der Waals surface area contributed by atoms with Crippen LogP contribution in [-0.4, -0.2) is 58.5 Å². The van der Waals surface area contributed by atoms with Crippen LogP contribution in [0.25, 0.3) is 0 Å². The van der Waals surface area contributed by atoms with E-state index in [2.05, 4.69) is 21.7 Å². The standard InChI is InChI=1S/C22H31N5O5/c1-20(2,3)31-18(28)25-15-12-24-17-16(14(15)11-23)30-13-22(26-17)7-9-27(10-8-22)19(29)32-21(4,5)6/h12H,7-10,13H2,1-6H3,(H,24,26)(H,25,28). The Bertz CT molecular complexity index is 934. The number of nitrogens with zero attached hydrogens (tertiary/aromatic N) is 3. The molecule has 10 heteroatoms. The third kappa shape index (κ3) is 5.52. The van der Waals surface area contributed by atoms with Crippen LogP contribution in [0.4, 0.5) is 21.1 Å². The van der Waals surface area contributed by atoms with Crippen LogP contribution in [-0.2, 0) is 9.47 Å². The normalized spacial score (nSPS) is 17.3. The van der Waals surface area contributed by atoms with Crippen LogP contribution in [0.3, 0.4) is 0 Å². The average molecular weight is 446 g/mol. The molecule has 3 rings (SSSR count). The van der Waals surface area contributed by atoms with Crippen molar-refractivity contribution in [3.8, 4) is 11.8 Å². The number of nitriles is 1. The van der Waals surface area contributed by atoms with Crippen molar-refractivity contribution in [1.82, 2.24) is 9.88 Å². The van der Waals surface area contributed by atoms with Gasteiger partial charge in [-0.05, 0) is 54.4 Å². The van der Waals surface area contributed by atoms with E-state index in [9.17, 15) is 14.9 Å².